The molecule has 0 aromatic carbocycles. The SMILES string of the molecule is COCCNCc1cc(C)nc(-c2ccco2)n1. The van der Waals surface area contributed by atoms with Crippen LogP contribution in [-0.2, 0) is 11.3 Å². The van der Waals surface area contributed by atoms with E-state index in [2.05, 4.69) is 15.3 Å². The van der Waals surface area contributed by atoms with E-state index in [4.69, 9.17) is 9.15 Å². The van der Waals surface area contributed by atoms with Crippen molar-refractivity contribution in [2.24, 2.45) is 0 Å². The van der Waals surface area contributed by atoms with Gasteiger partial charge in [-0.2, -0.15) is 0 Å². The van der Waals surface area contributed by atoms with Gasteiger partial charge in [-0.15, -0.1) is 0 Å². The van der Waals surface area contributed by atoms with Crippen molar-refractivity contribution in [3.8, 4) is 11.6 Å². The van der Waals surface area contributed by atoms with Crippen molar-refractivity contribution in [3.05, 3.63) is 35.9 Å². The fraction of sp³-hybridized carbons (Fsp3) is 0.385. The Morgan fingerprint density at radius 3 is 3.00 bits per heavy atom. The molecule has 0 aliphatic rings. The molecule has 0 saturated carbocycles. The Morgan fingerprint density at radius 2 is 2.28 bits per heavy atom. The number of hydrogen-bond acceptors (Lipinski definition) is 5. The van der Waals surface area contributed by atoms with Crippen molar-refractivity contribution in [3.63, 3.8) is 0 Å². The predicted molar refractivity (Wildman–Crippen MR) is 68.1 cm³/mol. The van der Waals surface area contributed by atoms with Gasteiger partial charge in [-0.3, -0.25) is 0 Å². The van der Waals surface area contributed by atoms with Gasteiger partial charge in [0.25, 0.3) is 0 Å². The third-order valence-corrected chi connectivity index (χ3v) is 2.44. The molecule has 0 fully saturated rings. The zero-order valence-corrected chi connectivity index (χ0v) is 10.6. The molecule has 0 saturated heterocycles. The van der Waals surface area contributed by atoms with E-state index >= 15 is 0 Å². The maximum atomic E-state index is 5.31. The van der Waals surface area contributed by atoms with Crippen molar-refractivity contribution in [1.29, 1.82) is 0 Å². The number of methoxy groups -OCH3 is 1. The Hall–Kier alpha value is -1.72. The number of aryl methyl sites for hydroxylation is 1. The summed E-state index contributed by atoms with van der Waals surface area (Å²) in [7, 11) is 1.69. The van der Waals surface area contributed by atoms with Gasteiger partial charge in [0, 0.05) is 25.9 Å². The van der Waals surface area contributed by atoms with Crippen molar-refractivity contribution in [2.45, 2.75) is 13.5 Å². The van der Waals surface area contributed by atoms with Gasteiger partial charge < -0.3 is 14.5 Å². The van der Waals surface area contributed by atoms with E-state index in [9.17, 15) is 0 Å². The summed E-state index contributed by atoms with van der Waals surface area (Å²) in [4.78, 5) is 8.83. The topological polar surface area (TPSA) is 60.2 Å². The molecule has 0 unspecified atom stereocenters. The van der Waals surface area contributed by atoms with E-state index in [1.165, 1.54) is 0 Å². The van der Waals surface area contributed by atoms with Crippen LogP contribution in [-0.4, -0.2) is 30.2 Å². The number of hydrogen-bond donors (Lipinski definition) is 1. The lowest BCUT2D eigenvalue weighted by molar-refractivity contribution is 0.199. The summed E-state index contributed by atoms with van der Waals surface area (Å²) in [5.41, 5.74) is 1.88. The van der Waals surface area contributed by atoms with Gasteiger partial charge in [0.05, 0.1) is 18.6 Å². The molecule has 0 radical (unpaired) electrons. The summed E-state index contributed by atoms with van der Waals surface area (Å²) in [5, 5.41) is 3.26. The zero-order valence-electron chi connectivity index (χ0n) is 10.6. The monoisotopic (exact) mass is 247 g/mol. The summed E-state index contributed by atoms with van der Waals surface area (Å²) >= 11 is 0. The molecular weight excluding hydrogens is 230 g/mol. The maximum Gasteiger partial charge on any atom is 0.196 e. The normalized spacial score (nSPS) is 10.8. The summed E-state index contributed by atoms with van der Waals surface area (Å²) in [6.45, 7) is 4.14. The molecule has 5 nitrogen and oxygen atoms in total. The lowest BCUT2D eigenvalue weighted by Gasteiger charge is -2.06. The third kappa shape index (κ3) is 3.38. The molecule has 5 heteroatoms. The molecule has 0 aliphatic carbocycles. The van der Waals surface area contributed by atoms with E-state index in [0.717, 1.165) is 17.9 Å². The highest BCUT2D eigenvalue weighted by molar-refractivity contribution is 5.46. The second-order valence-corrected chi connectivity index (χ2v) is 3.97. The minimum atomic E-state index is 0.628. The largest absolute Gasteiger partial charge is 0.461 e. The average molecular weight is 247 g/mol. The molecule has 2 heterocycles. The van der Waals surface area contributed by atoms with E-state index in [1.807, 2.05) is 25.1 Å². The van der Waals surface area contributed by atoms with Crippen LogP contribution in [0.2, 0.25) is 0 Å². The van der Waals surface area contributed by atoms with Crippen LogP contribution in [0.3, 0.4) is 0 Å². The zero-order chi connectivity index (χ0) is 12.8. The molecule has 96 valence electrons. The fourth-order valence-electron chi connectivity index (χ4n) is 1.63. The van der Waals surface area contributed by atoms with Crippen molar-refractivity contribution in [2.75, 3.05) is 20.3 Å². The second-order valence-electron chi connectivity index (χ2n) is 3.97. The standard InChI is InChI=1S/C13H17N3O2/c1-10-8-11(9-14-5-7-17-2)16-13(15-10)12-4-3-6-18-12/h3-4,6,8,14H,5,7,9H2,1-2H3. The highest BCUT2D eigenvalue weighted by atomic mass is 16.5. The molecule has 2 aromatic heterocycles. The number of rotatable bonds is 6. The molecule has 1 N–H and O–H groups in total. The molecule has 2 rings (SSSR count). The summed E-state index contributed by atoms with van der Waals surface area (Å²) in [6.07, 6.45) is 1.62. The van der Waals surface area contributed by atoms with Crippen molar-refractivity contribution in [1.82, 2.24) is 15.3 Å². The maximum absolute atomic E-state index is 5.31. The summed E-state index contributed by atoms with van der Waals surface area (Å²) < 4.78 is 10.3. The fourth-order valence-corrected chi connectivity index (χ4v) is 1.63. The molecule has 18 heavy (non-hydrogen) atoms. The molecule has 0 amide bonds. The van der Waals surface area contributed by atoms with Gasteiger partial charge in [-0.1, -0.05) is 0 Å². The molecule has 0 atom stereocenters. The van der Waals surface area contributed by atoms with Gasteiger partial charge in [0.1, 0.15) is 0 Å². The first kappa shape index (κ1) is 12.7. The van der Waals surface area contributed by atoms with Crippen molar-refractivity contribution < 1.29 is 9.15 Å². The van der Waals surface area contributed by atoms with Gasteiger partial charge in [-0.05, 0) is 25.1 Å². The third-order valence-electron chi connectivity index (χ3n) is 2.44. The van der Waals surface area contributed by atoms with Gasteiger partial charge >= 0.3 is 0 Å². The van der Waals surface area contributed by atoms with Crippen LogP contribution < -0.4 is 5.32 Å². The first-order valence-corrected chi connectivity index (χ1v) is 5.87. The smallest absolute Gasteiger partial charge is 0.196 e. The molecular formula is C13H17N3O2. The van der Waals surface area contributed by atoms with E-state index in [-0.39, 0.29) is 0 Å². The molecule has 2 aromatic rings. The Kier molecular flexibility index (Phi) is 4.44. The highest BCUT2D eigenvalue weighted by Crippen LogP contribution is 2.16. The Morgan fingerprint density at radius 1 is 1.39 bits per heavy atom. The van der Waals surface area contributed by atoms with Crippen LogP contribution >= 0.6 is 0 Å². The van der Waals surface area contributed by atoms with E-state index < -0.39 is 0 Å². The summed E-state index contributed by atoms with van der Waals surface area (Å²) in [5.74, 6) is 1.32. The highest BCUT2D eigenvalue weighted by Gasteiger charge is 2.06. The Labute approximate surface area is 106 Å². The predicted octanol–water partition coefficient (Wildman–Crippen LogP) is 1.78. The second kappa shape index (κ2) is 6.28. The Bertz CT molecular complexity index is 483. The van der Waals surface area contributed by atoms with E-state index in [1.54, 1.807) is 13.4 Å². The lowest BCUT2D eigenvalue weighted by Crippen LogP contribution is -2.19. The van der Waals surface area contributed by atoms with Crippen LogP contribution in [0.4, 0.5) is 0 Å². The van der Waals surface area contributed by atoms with Crippen LogP contribution in [0.5, 0.6) is 0 Å². The molecule has 0 spiro atoms. The minimum absolute atomic E-state index is 0.628. The van der Waals surface area contributed by atoms with Crippen LogP contribution in [0.1, 0.15) is 11.4 Å². The summed E-state index contributed by atoms with van der Waals surface area (Å²) in [6, 6.07) is 5.65. The molecule has 0 bridgehead atoms. The van der Waals surface area contributed by atoms with E-state index in [0.29, 0.717) is 24.7 Å². The number of nitrogens with zero attached hydrogens (tertiary/aromatic N) is 2. The van der Waals surface area contributed by atoms with Crippen LogP contribution in [0.15, 0.2) is 28.9 Å². The Balaban J connectivity index is 2.07. The minimum Gasteiger partial charge on any atom is -0.461 e. The van der Waals surface area contributed by atoms with Crippen LogP contribution in [0, 0.1) is 6.92 Å². The van der Waals surface area contributed by atoms with Gasteiger partial charge in [0.2, 0.25) is 0 Å². The first-order valence-electron chi connectivity index (χ1n) is 5.87. The van der Waals surface area contributed by atoms with Gasteiger partial charge in [-0.25, -0.2) is 9.97 Å². The van der Waals surface area contributed by atoms with Gasteiger partial charge in [0.15, 0.2) is 11.6 Å². The number of furan rings is 1. The van der Waals surface area contributed by atoms with Crippen LogP contribution in [0.25, 0.3) is 11.6 Å². The molecule has 0 aliphatic heterocycles. The number of nitrogens with one attached hydrogen (secondary N) is 1. The lowest BCUT2D eigenvalue weighted by atomic mass is 10.3. The number of aromatic nitrogens is 2. The van der Waals surface area contributed by atoms with Crippen molar-refractivity contribution >= 4 is 0 Å². The quantitative estimate of drug-likeness (QED) is 0.788. The first-order chi connectivity index (χ1) is 8.79. The number of ether oxygens (including phenoxy) is 1. The average Bonchev–Trinajstić information content (AvgIpc) is 2.88.